The lowest BCUT2D eigenvalue weighted by Gasteiger charge is -2.34. The normalized spacial score (nSPS) is 18.1. The largest absolute Gasteiger partial charge is 0.399 e. The number of H-pyrrole nitrogens is 1. The Morgan fingerprint density at radius 3 is 2.78 bits per heavy atom. The van der Waals surface area contributed by atoms with Crippen molar-refractivity contribution in [3.05, 3.63) is 24.4 Å². The molecule has 0 atom stereocenters. The van der Waals surface area contributed by atoms with E-state index in [2.05, 4.69) is 4.98 Å². The van der Waals surface area contributed by atoms with Crippen molar-refractivity contribution in [1.82, 2.24) is 9.29 Å². The number of aromatic amines is 1. The van der Waals surface area contributed by atoms with Gasteiger partial charge in [0.1, 0.15) is 4.90 Å². The topological polar surface area (TPSA) is 99.4 Å². The van der Waals surface area contributed by atoms with Crippen LogP contribution in [0.1, 0.15) is 0 Å². The van der Waals surface area contributed by atoms with E-state index in [9.17, 15) is 13.5 Å². The molecule has 0 spiro atoms. The number of fused-ring (bicyclic) bond motifs is 1. The van der Waals surface area contributed by atoms with Gasteiger partial charge >= 0.3 is 0 Å². The number of hydrogen-bond donors (Lipinski definition) is 3. The predicted molar refractivity (Wildman–Crippen MR) is 67.5 cm³/mol. The summed E-state index contributed by atoms with van der Waals surface area (Å²) in [5.41, 5.74) is 6.91. The smallest absolute Gasteiger partial charge is 0.245 e. The van der Waals surface area contributed by atoms with Gasteiger partial charge in [0.15, 0.2) is 0 Å². The second kappa shape index (κ2) is 3.71. The number of aliphatic hydroxyl groups is 1. The fraction of sp³-hybridized carbons (Fsp3) is 0.273. The highest BCUT2D eigenvalue weighted by atomic mass is 32.2. The minimum absolute atomic E-state index is 0.157. The molecule has 7 heteroatoms. The summed E-state index contributed by atoms with van der Waals surface area (Å²) in [6, 6.07) is 5.05. The van der Waals surface area contributed by atoms with Crippen LogP contribution in [-0.2, 0) is 10.0 Å². The average molecular weight is 267 g/mol. The van der Waals surface area contributed by atoms with Crippen molar-refractivity contribution < 1.29 is 13.5 Å². The number of aliphatic hydroxyl groups excluding tert-OH is 1. The molecular formula is C11H13N3O3S. The standard InChI is InChI=1S/C11H13N3O3S/c12-7-1-2-9-10(3-7)13-4-11(9)18(16,17)14-5-8(15)6-14/h1-4,8,13,15H,5-6,12H2. The van der Waals surface area contributed by atoms with Crippen molar-refractivity contribution >= 4 is 26.6 Å². The highest BCUT2D eigenvalue weighted by Gasteiger charge is 2.36. The third kappa shape index (κ3) is 1.59. The van der Waals surface area contributed by atoms with Crippen LogP contribution >= 0.6 is 0 Å². The number of nitrogens with one attached hydrogen (secondary N) is 1. The number of nitrogen functional groups attached to an aromatic ring is 1. The molecule has 1 saturated heterocycles. The lowest BCUT2D eigenvalue weighted by molar-refractivity contribution is 0.0548. The van der Waals surface area contributed by atoms with Crippen molar-refractivity contribution in [2.45, 2.75) is 11.0 Å². The Bertz CT molecular complexity index is 701. The first-order chi connectivity index (χ1) is 8.48. The van der Waals surface area contributed by atoms with E-state index in [1.165, 1.54) is 10.5 Å². The van der Waals surface area contributed by atoms with E-state index in [1.807, 2.05) is 0 Å². The van der Waals surface area contributed by atoms with Crippen LogP contribution in [0.15, 0.2) is 29.3 Å². The molecule has 1 aromatic carbocycles. The molecule has 0 aliphatic carbocycles. The zero-order valence-corrected chi connectivity index (χ0v) is 10.3. The van der Waals surface area contributed by atoms with Gasteiger partial charge in [-0.1, -0.05) is 0 Å². The molecule has 0 saturated carbocycles. The fourth-order valence-electron chi connectivity index (χ4n) is 2.08. The van der Waals surface area contributed by atoms with Crippen LogP contribution in [0.5, 0.6) is 0 Å². The Hall–Kier alpha value is -1.57. The molecule has 0 bridgehead atoms. The van der Waals surface area contributed by atoms with Gasteiger partial charge in [-0.15, -0.1) is 0 Å². The fourth-order valence-corrected chi connectivity index (χ4v) is 3.76. The molecule has 1 aromatic heterocycles. The van der Waals surface area contributed by atoms with Crippen molar-refractivity contribution in [1.29, 1.82) is 0 Å². The summed E-state index contributed by atoms with van der Waals surface area (Å²) >= 11 is 0. The van der Waals surface area contributed by atoms with Crippen molar-refractivity contribution in [2.75, 3.05) is 18.8 Å². The summed E-state index contributed by atoms with van der Waals surface area (Å²) in [4.78, 5) is 3.13. The number of aromatic nitrogens is 1. The van der Waals surface area contributed by atoms with E-state index in [0.29, 0.717) is 16.6 Å². The van der Waals surface area contributed by atoms with Gasteiger partial charge in [-0.3, -0.25) is 0 Å². The Kier molecular flexibility index (Phi) is 2.37. The highest BCUT2D eigenvalue weighted by Crippen LogP contribution is 2.29. The SMILES string of the molecule is Nc1ccc2c(S(=O)(=O)N3CC(O)C3)c[nH]c2c1. The van der Waals surface area contributed by atoms with Gasteiger partial charge in [0.2, 0.25) is 10.0 Å². The molecule has 96 valence electrons. The molecule has 0 unspecified atom stereocenters. The highest BCUT2D eigenvalue weighted by molar-refractivity contribution is 7.89. The maximum absolute atomic E-state index is 12.3. The van der Waals surface area contributed by atoms with E-state index in [1.54, 1.807) is 18.2 Å². The Labute approximate surface area is 104 Å². The first-order valence-corrected chi connectivity index (χ1v) is 6.97. The van der Waals surface area contributed by atoms with Crippen LogP contribution in [0, 0.1) is 0 Å². The van der Waals surface area contributed by atoms with Crippen molar-refractivity contribution in [3.8, 4) is 0 Å². The third-order valence-electron chi connectivity index (χ3n) is 3.11. The number of anilines is 1. The first-order valence-electron chi connectivity index (χ1n) is 5.53. The molecule has 0 amide bonds. The molecule has 1 aliphatic heterocycles. The van der Waals surface area contributed by atoms with Gasteiger partial charge in [-0.25, -0.2) is 8.42 Å². The summed E-state index contributed by atoms with van der Waals surface area (Å²) in [6.45, 7) is 0.313. The molecule has 3 rings (SSSR count). The van der Waals surface area contributed by atoms with E-state index in [-0.39, 0.29) is 18.0 Å². The van der Waals surface area contributed by atoms with E-state index >= 15 is 0 Å². The summed E-state index contributed by atoms with van der Waals surface area (Å²) in [6.07, 6.45) is 0.907. The van der Waals surface area contributed by atoms with Gasteiger partial charge in [-0.2, -0.15) is 4.31 Å². The summed E-state index contributed by atoms with van der Waals surface area (Å²) in [5, 5.41) is 9.81. The maximum atomic E-state index is 12.3. The van der Waals surface area contributed by atoms with Crippen LogP contribution in [0.4, 0.5) is 5.69 Å². The zero-order valence-electron chi connectivity index (χ0n) is 9.50. The third-order valence-corrected chi connectivity index (χ3v) is 4.99. The van der Waals surface area contributed by atoms with Gasteiger partial charge in [0, 0.05) is 35.9 Å². The Morgan fingerprint density at radius 2 is 2.11 bits per heavy atom. The van der Waals surface area contributed by atoms with Gasteiger partial charge in [-0.05, 0) is 18.2 Å². The predicted octanol–water partition coefficient (Wildman–Crippen LogP) is 0.115. The minimum Gasteiger partial charge on any atom is -0.399 e. The number of β-amino-alcohol motifs (C(OH)–C–C–N with tert-alkyl or cyclic N) is 1. The summed E-state index contributed by atoms with van der Waals surface area (Å²) in [5.74, 6) is 0. The number of nitrogens with zero attached hydrogens (tertiary/aromatic N) is 1. The number of hydrogen-bond acceptors (Lipinski definition) is 4. The monoisotopic (exact) mass is 267 g/mol. The molecule has 2 aromatic rings. The second-order valence-electron chi connectivity index (χ2n) is 4.43. The number of nitrogens with two attached hydrogens (primary N) is 1. The molecule has 4 N–H and O–H groups in total. The molecule has 18 heavy (non-hydrogen) atoms. The minimum atomic E-state index is -3.53. The lowest BCUT2D eigenvalue weighted by Crippen LogP contribution is -2.53. The number of benzene rings is 1. The van der Waals surface area contributed by atoms with Crippen LogP contribution in [0.25, 0.3) is 10.9 Å². The first kappa shape index (κ1) is 11.5. The Balaban J connectivity index is 2.09. The van der Waals surface area contributed by atoms with Gasteiger partial charge in [0.05, 0.1) is 6.10 Å². The molecular weight excluding hydrogens is 254 g/mol. The van der Waals surface area contributed by atoms with E-state index in [0.717, 1.165) is 0 Å². The lowest BCUT2D eigenvalue weighted by atomic mass is 10.2. The molecule has 1 fully saturated rings. The van der Waals surface area contributed by atoms with Crippen LogP contribution in [-0.4, -0.2) is 42.0 Å². The summed E-state index contributed by atoms with van der Waals surface area (Å²) < 4.78 is 25.8. The van der Waals surface area contributed by atoms with E-state index < -0.39 is 16.1 Å². The maximum Gasteiger partial charge on any atom is 0.245 e. The number of rotatable bonds is 2. The second-order valence-corrected chi connectivity index (χ2v) is 6.34. The van der Waals surface area contributed by atoms with Gasteiger partial charge in [0.25, 0.3) is 0 Å². The van der Waals surface area contributed by atoms with Crippen molar-refractivity contribution in [3.63, 3.8) is 0 Å². The molecule has 6 nitrogen and oxygen atoms in total. The van der Waals surface area contributed by atoms with Crippen molar-refractivity contribution in [2.24, 2.45) is 0 Å². The van der Waals surface area contributed by atoms with Gasteiger partial charge < -0.3 is 15.8 Å². The molecule has 2 heterocycles. The number of sulfonamides is 1. The van der Waals surface area contributed by atoms with E-state index in [4.69, 9.17) is 5.73 Å². The van der Waals surface area contributed by atoms with Crippen LogP contribution in [0.2, 0.25) is 0 Å². The quantitative estimate of drug-likeness (QED) is 0.673. The molecule has 1 aliphatic rings. The Morgan fingerprint density at radius 1 is 1.39 bits per heavy atom. The summed E-state index contributed by atoms with van der Waals surface area (Å²) in [7, 11) is -3.53. The molecule has 0 radical (unpaired) electrons. The average Bonchev–Trinajstić information content (AvgIpc) is 2.68. The van der Waals surface area contributed by atoms with Crippen LogP contribution < -0.4 is 5.73 Å². The zero-order chi connectivity index (χ0) is 12.9. The van der Waals surface area contributed by atoms with Crippen LogP contribution in [0.3, 0.4) is 0 Å².